The highest BCUT2D eigenvalue weighted by Gasteiger charge is 2.37. The van der Waals surface area contributed by atoms with Crippen LogP contribution < -0.4 is 14.4 Å². The molecule has 1 aliphatic heterocycles. The highest BCUT2D eigenvalue weighted by molar-refractivity contribution is 6.00. The van der Waals surface area contributed by atoms with Crippen LogP contribution in [0, 0.1) is 5.92 Å². The summed E-state index contributed by atoms with van der Waals surface area (Å²) in [6, 6.07) is 4.93. The van der Waals surface area contributed by atoms with Crippen LogP contribution in [0.1, 0.15) is 12.8 Å². The number of amides is 2. The predicted octanol–water partition coefficient (Wildman–Crippen LogP) is 2.47. The number of carbonyl (C=O) groups excluding carboxylic acids is 2. The summed E-state index contributed by atoms with van der Waals surface area (Å²) in [5.41, 5.74) is 0.542. The molecule has 1 unspecified atom stereocenters. The van der Waals surface area contributed by atoms with Crippen molar-refractivity contribution in [3.05, 3.63) is 18.2 Å². The SMILES string of the molecule is COc1ccc(N2CC(C(=O)N(C)CCC(F)(F)F)CC2=O)cc1OC. The van der Waals surface area contributed by atoms with Gasteiger partial charge in [-0.1, -0.05) is 0 Å². The molecule has 0 N–H and O–H groups in total. The standard InChI is InChI=1S/C17H21F3N2O4/c1-21(7-6-17(18,19)20)16(24)11-8-15(23)22(10-11)12-4-5-13(25-2)14(9-12)26-3/h4-5,9,11H,6-8,10H2,1-3H3. The lowest BCUT2D eigenvalue weighted by Gasteiger charge is -2.22. The number of rotatable bonds is 6. The monoisotopic (exact) mass is 374 g/mol. The van der Waals surface area contributed by atoms with Crippen LogP contribution in [0.15, 0.2) is 18.2 Å². The van der Waals surface area contributed by atoms with E-state index in [0.29, 0.717) is 17.2 Å². The van der Waals surface area contributed by atoms with E-state index in [9.17, 15) is 22.8 Å². The minimum atomic E-state index is -4.33. The van der Waals surface area contributed by atoms with Crippen molar-refractivity contribution in [1.29, 1.82) is 0 Å². The minimum Gasteiger partial charge on any atom is -0.493 e. The van der Waals surface area contributed by atoms with Crippen LogP contribution in [0.5, 0.6) is 11.5 Å². The van der Waals surface area contributed by atoms with Gasteiger partial charge < -0.3 is 19.3 Å². The highest BCUT2D eigenvalue weighted by Crippen LogP contribution is 2.34. The van der Waals surface area contributed by atoms with Crippen LogP contribution in [-0.4, -0.2) is 57.2 Å². The second kappa shape index (κ2) is 7.84. The van der Waals surface area contributed by atoms with Crippen molar-refractivity contribution in [2.75, 3.05) is 39.3 Å². The van der Waals surface area contributed by atoms with Gasteiger partial charge >= 0.3 is 6.18 Å². The first-order valence-corrected chi connectivity index (χ1v) is 8.00. The molecule has 26 heavy (non-hydrogen) atoms. The van der Waals surface area contributed by atoms with E-state index >= 15 is 0 Å². The molecule has 0 aromatic heterocycles. The van der Waals surface area contributed by atoms with Crippen molar-refractivity contribution in [2.24, 2.45) is 5.92 Å². The molecule has 2 rings (SSSR count). The average Bonchev–Trinajstić information content (AvgIpc) is 2.99. The van der Waals surface area contributed by atoms with Crippen molar-refractivity contribution in [3.63, 3.8) is 0 Å². The van der Waals surface area contributed by atoms with Gasteiger partial charge in [-0.3, -0.25) is 9.59 Å². The van der Waals surface area contributed by atoms with E-state index in [1.165, 1.54) is 26.2 Å². The van der Waals surface area contributed by atoms with E-state index in [1.54, 1.807) is 18.2 Å². The maximum absolute atomic E-state index is 12.3. The van der Waals surface area contributed by atoms with E-state index in [0.717, 1.165) is 4.90 Å². The van der Waals surface area contributed by atoms with Gasteiger partial charge in [0.15, 0.2) is 11.5 Å². The van der Waals surface area contributed by atoms with E-state index in [-0.39, 0.29) is 18.9 Å². The van der Waals surface area contributed by atoms with Gasteiger partial charge in [0.25, 0.3) is 0 Å². The lowest BCUT2D eigenvalue weighted by atomic mass is 10.1. The molecule has 2 amide bonds. The van der Waals surface area contributed by atoms with Gasteiger partial charge in [-0.2, -0.15) is 13.2 Å². The summed E-state index contributed by atoms with van der Waals surface area (Å²) >= 11 is 0. The summed E-state index contributed by atoms with van der Waals surface area (Å²) in [4.78, 5) is 27.1. The normalized spacial score (nSPS) is 17.4. The number of hydrogen-bond donors (Lipinski definition) is 0. The summed E-state index contributed by atoms with van der Waals surface area (Å²) in [7, 11) is 4.27. The van der Waals surface area contributed by atoms with Crippen LogP contribution in [0.3, 0.4) is 0 Å². The lowest BCUT2D eigenvalue weighted by Crippen LogP contribution is -2.36. The highest BCUT2D eigenvalue weighted by atomic mass is 19.4. The number of hydrogen-bond acceptors (Lipinski definition) is 4. The molecule has 1 aromatic rings. The van der Waals surface area contributed by atoms with Crippen molar-refractivity contribution in [3.8, 4) is 11.5 Å². The Morgan fingerprint density at radius 1 is 1.27 bits per heavy atom. The van der Waals surface area contributed by atoms with Gasteiger partial charge in [0.1, 0.15) is 0 Å². The molecule has 6 nitrogen and oxygen atoms in total. The maximum atomic E-state index is 12.3. The molecule has 1 saturated heterocycles. The van der Waals surface area contributed by atoms with Crippen molar-refractivity contribution >= 4 is 17.5 Å². The molecule has 0 spiro atoms. The Kier molecular flexibility index (Phi) is 5.99. The summed E-state index contributed by atoms with van der Waals surface area (Å²) in [5.74, 6) is -0.462. The van der Waals surface area contributed by atoms with Crippen LogP contribution in [0.25, 0.3) is 0 Å². The second-order valence-electron chi connectivity index (χ2n) is 6.07. The fraction of sp³-hybridized carbons (Fsp3) is 0.529. The molecule has 144 valence electrons. The van der Waals surface area contributed by atoms with Gasteiger partial charge in [0, 0.05) is 38.3 Å². The molecule has 1 heterocycles. The number of benzene rings is 1. The first kappa shape index (κ1) is 19.9. The Labute approximate surface area is 149 Å². The number of carbonyl (C=O) groups is 2. The van der Waals surface area contributed by atoms with E-state index < -0.39 is 31.0 Å². The molecule has 9 heteroatoms. The van der Waals surface area contributed by atoms with Gasteiger partial charge in [-0.15, -0.1) is 0 Å². The molecule has 1 aromatic carbocycles. The maximum Gasteiger partial charge on any atom is 0.390 e. The topological polar surface area (TPSA) is 59.1 Å². The Bertz CT molecular complexity index is 678. The van der Waals surface area contributed by atoms with Gasteiger partial charge in [-0.25, -0.2) is 0 Å². The zero-order valence-corrected chi connectivity index (χ0v) is 14.8. The fourth-order valence-corrected chi connectivity index (χ4v) is 2.83. The predicted molar refractivity (Wildman–Crippen MR) is 88.3 cm³/mol. The third-order valence-electron chi connectivity index (χ3n) is 4.26. The molecule has 0 radical (unpaired) electrons. The zero-order chi connectivity index (χ0) is 19.5. The fourth-order valence-electron chi connectivity index (χ4n) is 2.83. The lowest BCUT2D eigenvalue weighted by molar-refractivity contribution is -0.146. The second-order valence-corrected chi connectivity index (χ2v) is 6.07. The van der Waals surface area contributed by atoms with Gasteiger partial charge in [0.2, 0.25) is 11.8 Å². The molecule has 0 aliphatic carbocycles. The quantitative estimate of drug-likeness (QED) is 0.768. The minimum absolute atomic E-state index is 0.0382. The first-order chi connectivity index (χ1) is 12.2. The summed E-state index contributed by atoms with van der Waals surface area (Å²) < 4.78 is 47.3. The number of alkyl halides is 3. The first-order valence-electron chi connectivity index (χ1n) is 8.00. The molecule has 1 aliphatic rings. The zero-order valence-electron chi connectivity index (χ0n) is 14.8. The number of methoxy groups -OCH3 is 2. The largest absolute Gasteiger partial charge is 0.493 e. The summed E-state index contributed by atoms with van der Waals surface area (Å²) in [6.45, 7) is -0.313. The molecule has 1 fully saturated rings. The Morgan fingerprint density at radius 3 is 2.50 bits per heavy atom. The third-order valence-corrected chi connectivity index (χ3v) is 4.26. The van der Waals surface area contributed by atoms with Crippen LogP contribution in [-0.2, 0) is 9.59 Å². The van der Waals surface area contributed by atoms with E-state index in [2.05, 4.69) is 0 Å². The molecule has 1 atom stereocenters. The Morgan fingerprint density at radius 2 is 1.92 bits per heavy atom. The Hall–Kier alpha value is -2.45. The van der Waals surface area contributed by atoms with Crippen LogP contribution in [0.4, 0.5) is 18.9 Å². The van der Waals surface area contributed by atoms with Gasteiger partial charge in [0.05, 0.1) is 26.6 Å². The molecule has 0 bridgehead atoms. The summed E-state index contributed by atoms with van der Waals surface area (Å²) in [5, 5.41) is 0. The van der Waals surface area contributed by atoms with Crippen molar-refractivity contribution in [1.82, 2.24) is 4.90 Å². The van der Waals surface area contributed by atoms with Crippen LogP contribution >= 0.6 is 0 Å². The van der Waals surface area contributed by atoms with E-state index in [1.807, 2.05) is 0 Å². The average molecular weight is 374 g/mol. The number of halogens is 3. The summed E-state index contributed by atoms with van der Waals surface area (Å²) in [6.07, 6.45) is -5.44. The van der Waals surface area contributed by atoms with Gasteiger partial charge in [-0.05, 0) is 12.1 Å². The van der Waals surface area contributed by atoms with Crippen molar-refractivity contribution < 1.29 is 32.2 Å². The number of ether oxygens (including phenoxy) is 2. The Balaban J connectivity index is 2.07. The molecular formula is C17H21F3N2O4. The molecule has 0 saturated carbocycles. The van der Waals surface area contributed by atoms with E-state index in [4.69, 9.17) is 9.47 Å². The van der Waals surface area contributed by atoms with Crippen molar-refractivity contribution in [2.45, 2.75) is 19.0 Å². The number of anilines is 1. The number of nitrogens with zero attached hydrogens (tertiary/aromatic N) is 2. The van der Waals surface area contributed by atoms with Crippen LogP contribution in [0.2, 0.25) is 0 Å². The third kappa shape index (κ3) is 4.59. The smallest absolute Gasteiger partial charge is 0.390 e. The molecular weight excluding hydrogens is 353 g/mol.